The third-order valence-electron chi connectivity index (χ3n) is 4.70. The lowest BCUT2D eigenvalue weighted by Gasteiger charge is -2.22. The molecule has 0 unspecified atom stereocenters. The van der Waals surface area contributed by atoms with Crippen LogP contribution in [0, 0.1) is 0 Å². The van der Waals surface area contributed by atoms with Gasteiger partial charge in [-0.25, -0.2) is 0 Å². The lowest BCUT2D eigenvalue weighted by molar-refractivity contribution is 0.265. The molecule has 0 saturated heterocycles. The van der Waals surface area contributed by atoms with Gasteiger partial charge in [0.05, 0.1) is 0 Å². The van der Waals surface area contributed by atoms with Gasteiger partial charge in [-0.3, -0.25) is 9.80 Å². The van der Waals surface area contributed by atoms with Crippen LogP contribution in [0.25, 0.3) is 0 Å². The van der Waals surface area contributed by atoms with Crippen molar-refractivity contribution in [2.45, 2.75) is 64.7 Å². The zero-order chi connectivity index (χ0) is 13.9. The van der Waals surface area contributed by atoms with Crippen LogP contribution in [0.15, 0.2) is 24.3 Å². The Morgan fingerprint density at radius 1 is 0.850 bits per heavy atom. The maximum absolute atomic E-state index is 2.62. The molecule has 2 saturated carbocycles. The molecule has 3 rings (SSSR count). The van der Waals surface area contributed by atoms with Crippen LogP contribution in [0.4, 0.5) is 0 Å². The first-order chi connectivity index (χ1) is 9.80. The summed E-state index contributed by atoms with van der Waals surface area (Å²) >= 11 is 0. The fourth-order valence-electron chi connectivity index (χ4n) is 3.17. The van der Waals surface area contributed by atoms with Gasteiger partial charge in [0.25, 0.3) is 0 Å². The highest BCUT2D eigenvalue weighted by molar-refractivity contribution is 5.24. The number of hydrogen-bond donors (Lipinski definition) is 0. The van der Waals surface area contributed by atoms with Crippen molar-refractivity contribution < 1.29 is 0 Å². The second kappa shape index (κ2) is 6.28. The quantitative estimate of drug-likeness (QED) is 0.712. The van der Waals surface area contributed by atoms with Crippen LogP contribution in [-0.4, -0.2) is 35.0 Å². The molecule has 20 heavy (non-hydrogen) atoms. The van der Waals surface area contributed by atoms with Gasteiger partial charge in [-0.2, -0.15) is 0 Å². The normalized spacial score (nSPS) is 19.0. The summed E-state index contributed by atoms with van der Waals surface area (Å²) in [4.78, 5) is 5.25. The van der Waals surface area contributed by atoms with E-state index in [1.807, 2.05) is 0 Å². The SMILES string of the molecule is CCN(Cc1cccc(CN(CC)C2CC2)c1)C1CC1. The maximum Gasteiger partial charge on any atom is 0.0236 e. The summed E-state index contributed by atoms with van der Waals surface area (Å²) in [5, 5.41) is 0. The molecule has 1 aromatic carbocycles. The smallest absolute Gasteiger partial charge is 0.0236 e. The van der Waals surface area contributed by atoms with Crippen LogP contribution in [-0.2, 0) is 13.1 Å². The van der Waals surface area contributed by atoms with E-state index < -0.39 is 0 Å². The van der Waals surface area contributed by atoms with Crippen molar-refractivity contribution in [1.29, 1.82) is 0 Å². The minimum absolute atomic E-state index is 0.863. The lowest BCUT2D eigenvalue weighted by atomic mass is 10.1. The molecule has 0 atom stereocenters. The molecular formula is C18H28N2. The molecule has 110 valence electrons. The molecule has 0 bridgehead atoms. The number of rotatable bonds is 8. The molecule has 0 spiro atoms. The number of nitrogens with zero attached hydrogens (tertiary/aromatic N) is 2. The summed E-state index contributed by atoms with van der Waals surface area (Å²) < 4.78 is 0. The van der Waals surface area contributed by atoms with Gasteiger partial charge < -0.3 is 0 Å². The third kappa shape index (κ3) is 3.62. The molecule has 0 aliphatic heterocycles. The Morgan fingerprint density at radius 3 is 1.65 bits per heavy atom. The number of benzene rings is 1. The minimum atomic E-state index is 0.863. The van der Waals surface area contributed by atoms with Crippen LogP contribution >= 0.6 is 0 Å². The van der Waals surface area contributed by atoms with E-state index in [1.165, 1.54) is 49.9 Å². The third-order valence-corrected chi connectivity index (χ3v) is 4.70. The molecule has 1 aromatic rings. The van der Waals surface area contributed by atoms with Crippen molar-refractivity contribution in [2.24, 2.45) is 0 Å². The van der Waals surface area contributed by atoms with Gasteiger partial charge in [-0.05, 0) is 49.9 Å². The molecule has 0 N–H and O–H groups in total. The van der Waals surface area contributed by atoms with Gasteiger partial charge in [-0.15, -0.1) is 0 Å². The van der Waals surface area contributed by atoms with Gasteiger partial charge in [0.1, 0.15) is 0 Å². The van der Waals surface area contributed by atoms with Crippen molar-refractivity contribution in [3.8, 4) is 0 Å². The molecule has 2 fully saturated rings. The molecule has 0 radical (unpaired) electrons. The van der Waals surface area contributed by atoms with E-state index in [1.54, 1.807) is 0 Å². The largest absolute Gasteiger partial charge is 0.296 e. The van der Waals surface area contributed by atoms with Crippen LogP contribution in [0.1, 0.15) is 50.7 Å². The first-order valence-corrected chi connectivity index (χ1v) is 8.36. The predicted octanol–water partition coefficient (Wildman–Crippen LogP) is 3.66. The fraction of sp³-hybridized carbons (Fsp3) is 0.667. The zero-order valence-electron chi connectivity index (χ0n) is 13.0. The van der Waals surface area contributed by atoms with Crippen molar-refractivity contribution >= 4 is 0 Å². The van der Waals surface area contributed by atoms with E-state index in [0.29, 0.717) is 0 Å². The van der Waals surface area contributed by atoms with Crippen LogP contribution in [0.3, 0.4) is 0 Å². The van der Waals surface area contributed by atoms with E-state index in [9.17, 15) is 0 Å². The first-order valence-electron chi connectivity index (χ1n) is 8.36. The maximum atomic E-state index is 2.62. The second-order valence-corrected chi connectivity index (χ2v) is 6.41. The highest BCUT2D eigenvalue weighted by Crippen LogP contribution is 2.29. The van der Waals surface area contributed by atoms with Crippen molar-refractivity contribution in [3.63, 3.8) is 0 Å². The molecule has 0 amide bonds. The topological polar surface area (TPSA) is 6.48 Å². The van der Waals surface area contributed by atoms with Gasteiger partial charge >= 0.3 is 0 Å². The van der Waals surface area contributed by atoms with Crippen LogP contribution in [0.5, 0.6) is 0 Å². The predicted molar refractivity (Wildman–Crippen MR) is 84.7 cm³/mol. The highest BCUT2D eigenvalue weighted by atomic mass is 15.2. The summed E-state index contributed by atoms with van der Waals surface area (Å²) in [6, 6.07) is 11.0. The van der Waals surface area contributed by atoms with Gasteiger partial charge in [-0.1, -0.05) is 38.1 Å². The Hall–Kier alpha value is -0.860. The fourth-order valence-corrected chi connectivity index (χ4v) is 3.17. The summed E-state index contributed by atoms with van der Waals surface area (Å²) in [6.45, 7) is 9.19. The molecular weight excluding hydrogens is 244 g/mol. The second-order valence-electron chi connectivity index (χ2n) is 6.41. The van der Waals surface area contributed by atoms with Crippen LogP contribution in [0.2, 0.25) is 0 Å². The Balaban J connectivity index is 1.62. The van der Waals surface area contributed by atoms with Crippen molar-refractivity contribution in [1.82, 2.24) is 9.80 Å². The summed E-state index contributed by atoms with van der Waals surface area (Å²) in [5.74, 6) is 0. The number of hydrogen-bond acceptors (Lipinski definition) is 2. The van der Waals surface area contributed by atoms with Crippen LogP contribution < -0.4 is 0 Å². The molecule has 0 aromatic heterocycles. The monoisotopic (exact) mass is 272 g/mol. The Morgan fingerprint density at radius 2 is 1.30 bits per heavy atom. The minimum Gasteiger partial charge on any atom is -0.296 e. The highest BCUT2D eigenvalue weighted by Gasteiger charge is 2.28. The lowest BCUT2D eigenvalue weighted by Crippen LogP contribution is -2.26. The Kier molecular flexibility index (Phi) is 4.42. The average Bonchev–Trinajstić information content (AvgIpc) is 3.34. The van der Waals surface area contributed by atoms with Gasteiger partial charge in [0, 0.05) is 25.2 Å². The van der Waals surface area contributed by atoms with Gasteiger partial charge in [0.2, 0.25) is 0 Å². The summed E-state index contributed by atoms with van der Waals surface area (Å²) in [6.07, 6.45) is 5.61. The van der Waals surface area contributed by atoms with E-state index >= 15 is 0 Å². The van der Waals surface area contributed by atoms with Gasteiger partial charge in [0.15, 0.2) is 0 Å². The molecule has 2 heteroatoms. The first kappa shape index (κ1) is 14.1. The van der Waals surface area contributed by atoms with Crippen molar-refractivity contribution in [3.05, 3.63) is 35.4 Å². The van der Waals surface area contributed by atoms with E-state index in [4.69, 9.17) is 0 Å². The van der Waals surface area contributed by atoms with E-state index in [0.717, 1.165) is 25.2 Å². The Bertz CT molecular complexity index is 398. The summed E-state index contributed by atoms with van der Waals surface area (Å²) in [5.41, 5.74) is 2.98. The molecule has 2 aliphatic carbocycles. The van der Waals surface area contributed by atoms with Crippen molar-refractivity contribution in [2.75, 3.05) is 13.1 Å². The standard InChI is InChI=1S/C18H28N2/c1-3-19(17-8-9-17)13-15-6-5-7-16(12-15)14-20(4-2)18-10-11-18/h5-7,12,17-18H,3-4,8-11,13-14H2,1-2H3. The van der Waals surface area contributed by atoms with E-state index in [2.05, 4.69) is 47.9 Å². The average molecular weight is 272 g/mol. The molecule has 0 heterocycles. The zero-order valence-corrected chi connectivity index (χ0v) is 13.0. The van der Waals surface area contributed by atoms with E-state index in [-0.39, 0.29) is 0 Å². The summed E-state index contributed by atoms with van der Waals surface area (Å²) in [7, 11) is 0. The molecule has 2 aliphatic rings. The Labute approximate surface area is 123 Å². The molecule has 2 nitrogen and oxygen atoms in total.